The minimum Gasteiger partial charge on any atom is -0.497 e. The Balaban J connectivity index is 1.60. The Bertz CT molecular complexity index is 1110. The molecule has 1 amide bonds. The number of ether oxygens (including phenoxy) is 3. The van der Waals surface area contributed by atoms with Crippen molar-refractivity contribution in [2.24, 2.45) is 5.92 Å². The highest BCUT2D eigenvalue weighted by Gasteiger charge is 2.35. The van der Waals surface area contributed by atoms with Crippen LogP contribution in [0.3, 0.4) is 0 Å². The van der Waals surface area contributed by atoms with Gasteiger partial charge in [0.1, 0.15) is 11.5 Å². The summed E-state index contributed by atoms with van der Waals surface area (Å²) in [6.07, 6.45) is 4.29. The van der Waals surface area contributed by atoms with E-state index < -0.39 is 0 Å². The maximum atomic E-state index is 13.4. The zero-order valence-corrected chi connectivity index (χ0v) is 21.7. The fraction of sp³-hybridized carbons (Fsp3) is 0.433. The zero-order chi connectivity index (χ0) is 25.5. The molecule has 36 heavy (non-hydrogen) atoms. The molecule has 1 fully saturated rings. The van der Waals surface area contributed by atoms with E-state index in [1.54, 1.807) is 32.6 Å². The summed E-state index contributed by atoms with van der Waals surface area (Å²) in [4.78, 5) is 15.3. The second-order valence-corrected chi connectivity index (χ2v) is 10.1. The molecule has 0 radical (unpaired) electrons. The number of carbonyl (C=O) groups excluding carboxylic acids is 1. The molecular formula is C30H37NO5. The van der Waals surface area contributed by atoms with Gasteiger partial charge in [-0.05, 0) is 86.4 Å². The Morgan fingerprint density at radius 2 is 1.83 bits per heavy atom. The third kappa shape index (κ3) is 6.30. The van der Waals surface area contributed by atoms with Gasteiger partial charge in [-0.25, -0.2) is 0 Å². The second-order valence-electron chi connectivity index (χ2n) is 10.1. The highest BCUT2D eigenvalue weighted by atomic mass is 16.5. The molecule has 3 aromatic rings. The number of hydrogen-bond donors (Lipinski definition) is 0. The molecule has 1 aliphatic heterocycles. The predicted octanol–water partition coefficient (Wildman–Crippen LogP) is 6.32. The molecule has 2 atom stereocenters. The van der Waals surface area contributed by atoms with Crippen molar-refractivity contribution in [1.29, 1.82) is 0 Å². The lowest BCUT2D eigenvalue weighted by atomic mass is 9.75. The summed E-state index contributed by atoms with van der Waals surface area (Å²) >= 11 is 0. The number of benzene rings is 2. The average molecular weight is 492 g/mol. The number of para-hydroxylation sites is 1. The molecule has 0 unspecified atom stereocenters. The predicted molar refractivity (Wildman–Crippen MR) is 140 cm³/mol. The van der Waals surface area contributed by atoms with Crippen LogP contribution in [0.2, 0.25) is 0 Å². The third-order valence-corrected chi connectivity index (χ3v) is 7.10. The maximum absolute atomic E-state index is 13.4. The maximum Gasteiger partial charge on any atom is 0.289 e. The van der Waals surface area contributed by atoms with Gasteiger partial charge < -0.3 is 23.5 Å². The molecule has 4 rings (SSSR count). The fourth-order valence-corrected chi connectivity index (χ4v) is 5.30. The molecule has 2 aromatic carbocycles. The van der Waals surface area contributed by atoms with Gasteiger partial charge in [-0.2, -0.15) is 0 Å². The number of carbonyl (C=O) groups is 1. The van der Waals surface area contributed by atoms with Gasteiger partial charge in [-0.1, -0.05) is 30.3 Å². The van der Waals surface area contributed by atoms with Crippen LogP contribution in [0.5, 0.6) is 11.5 Å². The van der Waals surface area contributed by atoms with Crippen LogP contribution in [-0.4, -0.2) is 43.8 Å². The molecule has 0 bridgehead atoms. The number of furan rings is 1. The van der Waals surface area contributed by atoms with E-state index in [1.165, 1.54) is 5.56 Å². The highest BCUT2D eigenvalue weighted by Crippen LogP contribution is 2.43. The lowest BCUT2D eigenvalue weighted by molar-refractivity contribution is -0.0775. The topological polar surface area (TPSA) is 61.1 Å². The summed E-state index contributed by atoms with van der Waals surface area (Å²) in [5, 5.41) is 0. The summed E-state index contributed by atoms with van der Waals surface area (Å²) in [5.74, 6) is 2.58. The van der Waals surface area contributed by atoms with E-state index in [-0.39, 0.29) is 17.4 Å². The van der Waals surface area contributed by atoms with Gasteiger partial charge >= 0.3 is 0 Å². The van der Waals surface area contributed by atoms with Gasteiger partial charge in [0.15, 0.2) is 5.76 Å². The van der Waals surface area contributed by atoms with Crippen molar-refractivity contribution in [3.05, 3.63) is 83.8 Å². The van der Waals surface area contributed by atoms with E-state index in [0.29, 0.717) is 24.8 Å². The Morgan fingerprint density at radius 1 is 1.06 bits per heavy atom. The number of amides is 1. The quantitative estimate of drug-likeness (QED) is 0.332. The molecule has 2 heterocycles. The van der Waals surface area contributed by atoms with Gasteiger partial charge in [0.05, 0.1) is 26.1 Å². The third-order valence-electron chi connectivity index (χ3n) is 7.10. The molecule has 1 saturated heterocycles. The molecule has 6 heteroatoms. The lowest BCUT2D eigenvalue weighted by Crippen LogP contribution is -2.38. The van der Waals surface area contributed by atoms with Crippen molar-refractivity contribution < 1.29 is 23.4 Å². The number of hydrogen-bond acceptors (Lipinski definition) is 5. The van der Waals surface area contributed by atoms with E-state index in [9.17, 15) is 4.79 Å². The van der Waals surface area contributed by atoms with Crippen LogP contribution in [0.4, 0.5) is 0 Å². The van der Waals surface area contributed by atoms with Crippen LogP contribution in [0.1, 0.15) is 60.7 Å². The van der Waals surface area contributed by atoms with Crippen LogP contribution < -0.4 is 9.47 Å². The van der Waals surface area contributed by atoms with Gasteiger partial charge in [-0.3, -0.25) is 4.79 Å². The molecule has 192 valence electrons. The SMILES string of the molecule is COc1ccc(CN(CC[C@@H](c2ccccc2OC)[C@@H]2CCOC(C)(C)C2)C(=O)c2ccco2)cc1. The Labute approximate surface area is 214 Å². The summed E-state index contributed by atoms with van der Waals surface area (Å²) in [6, 6.07) is 19.6. The highest BCUT2D eigenvalue weighted by molar-refractivity contribution is 5.91. The average Bonchev–Trinajstić information content (AvgIpc) is 3.43. The minimum atomic E-state index is -0.171. The van der Waals surface area contributed by atoms with E-state index in [4.69, 9.17) is 18.6 Å². The summed E-state index contributed by atoms with van der Waals surface area (Å²) < 4.78 is 22.6. The van der Waals surface area contributed by atoms with E-state index in [0.717, 1.165) is 42.9 Å². The first-order valence-electron chi connectivity index (χ1n) is 12.6. The van der Waals surface area contributed by atoms with Crippen molar-refractivity contribution in [3.8, 4) is 11.5 Å². The Hall–Kier alpha value is -3.25. The molecular weight excluding hydrogens is 454 g/mol. The molecule has 0 saturated carbocycles. The van der Waals surface area contributed by atoms with E-state index >= 15 is 0 Å². The van der Waals surface area contributed by atoms with Gasteiger partial charge in [0.2, 0.25) is 0 Å². The summed E-state index contributed by atoms with van der Waals surface area (Å²) in [6.45, 7) is 6.14. The number of nitrogens with zero attached hydrogens (tertiary/aromatic N) is 1. The van der Waals surface area contributed by atoms with Gasteiger partial charge in [-0.15, -0.1) is 0 Å². The van der Waals surface area contributed by atoms with E-state index in [2.05, 4.69) is 26.0 Å². The van der Waals surface area contributed by atoms with Crippen LogP contribution >= 0.6 is 0 Å². The fourth-order valence-electron chi connectivity index (χ4n) is 5.30. The van der Waals surface area contributed by atoms with Crippen molar-refractivity contribution in [3.63, 3.8) is 0 Å². The Morgan fingerprint density at radius 3 is 2.50 bits per heavy atom. The second kappa shape index (κ2) is 11.7. The van der Waals surface area contributed by atoms with Gasteiger partial charge in [0.25, 0.3) is 5.91 Å². The molecule has 1 aromatic heterocycles. The minimum absolute atomic E-state index is 0.109. The van der Waals surface area contributed by atoms with Crippen molar-refractivity contribution in [1.82, 2.24) is 4.90 Å². The normalized spacial score (nSPS) is 17.8. The first kappa shape index (κ1) is 25.8. The van der Waals surface area contributed by atoms with Crippen LogP contribution in [0, 0.1) is 5.92 Å². The zero-order valence-electron chi connectivity index (χ0n) is 21.7. The summed E-state index contributed by atoms with van der Waals surface area (Å²) in [5.41, 5.74) is 2.06. The molecule has 0 aliphatic carbocycles. The smallest absolute Gasteiger partial charge is 0.289 e. The van der Waals surface area contributed by atoms with Crippen molar-refractivity contribution in [2.75, 3.05) is 27.4 Å². The molecule has 6 nitrogen and oxygen atoms in total. The van der Waals surface area contributed by atoms with Crippen LogP contribution in [0.25, 0.3) is 0 Å². The van der Waals surface area contributed by atoms with E-state index in [1.807, 2.05) is 41.3 Å². The van der Waals surface area contributed by atoms with Crippen molar-refractivity contribution in [2.45, 2.75) is 51.2 Å². The van der Waals surface area contributed by atoms with Gasteiger partial charge in [0, 0.05) is 19.7 Å². The first-order chi connectivity index (χ1) is 17.4. The van der Waals surface area contributed by atoms with Crippen molar-refractivity contribution >= 4 is 5.91 Å². The largest absolute Gasteiger partial charge is 0.497 e. The number of methoxy groups -OCH3 is 2. The molecule has 0 N–H and O–H groups in total. The number of rotatable bonds is 10. The Kier molecular flexibility index (Phi) is 8.36. The molecule has 1 aliphatic rings. The standard InChI is InChI=1S/C30H37NO5/c1-30(2)20-23(16-19-36-30)25(26-8-5-6-9-27(26)34-4)15-17-31(29(32)28-10-7-18-35-28)21-22-11-13-24(33-3)14-12-22/h5-14,18,23,25H,15-17,19-21H2,1-4H3/t23-,25-/m1/s1. The van der Waals surface area contributed by atoms with Crippen LogP contribution in [0.15, 0.2) is 71.3 Å². The first-order valence-corrected chi connectivity index (χ1v) is 12.6. The van der Waals surface area contributed by atoms with Crippen LogP contribution in [-0.2, 0) is 11.3 Å². The lowest BCUT2D eigenvalue weighted by Gasteiger charge is -2.40. The monoisotopic (exact) mass is 491 g/mol. The molecule has 0 spiro atoms. The summed E-state index contributed by atoms with van der Waals surface area (Å²) in [7, 11) is 3.37.